The van der Waals surface area contributed by atoms with Gasteiger partial charge < -0.3 is 15.2 Å². The van der Waals surface area contributed by atoms with Gasteiger partial charge in [0, 0.05) is 12.7 Å². The maximum atomic E-state index is 11.4. The van der Waals surface area contributed by atoms with Crippen molar-refractivity contribution in [3.63, 3.8) is 0 Å². The van der Waals surface area contributed by atoms with Crippen LogP contribution in [-0.4, -0.2) is 23.2 Å². The molecule has 1 aromatic carbocycles. The lowest BCUT2D eigenvalue weighted by Gasteiger charge is -2.08. The van der Waals surface area contributed by atoms with Crippen LogP contribution in [0.5, 0.6) is 0 Å². The number of nitrogens with one attached hydrogen (secondary N) is 1. The third kappa shape index (κ3) is 3.55. The van der Waals surface area contributed by atoms with Gasteiger partial charge in [-0.3, -0.25) is 0 Å². The van der Waals surface area contributed by atoms with Crippen molar-refractivity contribution in [2.24, 2.45) is 0 Å². The number of esters is 1. The summed E-state index contributed by atoms with van der Waals surface area (Å²) in [5.74, 6) is 0.208. The van der Waals surface area contributed by atoms with E-state index in [2.05, 4.69) is 15.0 Å². The van der Waals surface area contributed by atoms with Crippen LogP contribution in [0.15, 0.2) is 42.6 Å². The van der Waals surface area contributed by atoms with Crippen LogP contribution in [0.1, 0.15) is 21.5 Å². The zero-order valence-corrected chi connectivity index (χ0v) is 11.2. The van der Waals surface area contributed by atoms with Gasteiger partial charge in [0.25, 0.3) is 0 Å². The number of methoxy groups -OCH3 is 1. The molecule has 0 fully saturated rings. The molecule has 0 unspecified atom stereocenters. The molecule has 0 radical (unpaired) electrons. The lowest BCUT2D eigenvalue weighted by molar-refractivity contribution is 0.0600. The van der Waals surface area contributed by atoms with Gasteiger partial charge in [-0.1, -0.05) is 24.3 Å². The smallest absolute Gasteiger partial charge is 0.338 e. The number of carbonyl (C=O) groups excluding carboxylic acids is 1. The van der Waals surface area contributed by atoms with Crippen LogP contribution in [0.4, 0.5) is 5.82 Å². The molecule has 0 aliphatic rings. The van der Waals surface area contributed by atoms with Crippen molar-refractivity contribution in [1.29, 1.82) is 0 Å². The molecular weight excluding hydrogens is 256 g/mol. The third-order valence-electron chi connectivity index (χ3n) is 2.83. The van der Waals surface area contributed by atoms with E-state index >= 15 is 0 Å². The van der Waals surface area contributed by atoms with Crippen LogP contribution >= 0.6 is 0 Å². The molecule has 5 nitrogen and oxygen atoms in total. The summed E-state index contributed by atoms with van der Waals surface area (Å²) in [5.41, 5.74) is 2.34. The van der Waals surface area contributed by atoms with Crippen LogP contribution in [0.25, 0.3) is 0 Å². The summed E-state index contributed by atoms with van der Waals surface area (Å²) in [6.45, 7) is 0.579. The van der Waals surface area contributed by atoms with E-state index in [4.69, 9.17) is 5.11 Å². The van der Waals surface area contributed by atoms with Crippen molar-refractivity contribution in [3.8, 4) is 0 Å². The molecule has 0 amide bonds. The number of carbonyl (C=O) groups is 1. The van der Waals surface area contributed by atoms with Gasteiger partial charge in [0.05, 0.1) is 19.3 Å². The molecule has 5 heteroatoms. The van der Waals surface area contributed by atoms with Crippen molar-refractivity contribution >= 4 is 11.8 Å². The minimum atomic E-state index is -0.391. The zero-order chi connectivity index (χ0) is 14.4. The second-order valence-corrected chi connectivity index (χ2v) is 4.25. The van der Waals surface area contributed by atoms with Gasteiger partial charge in [-0.15, -0.1) is 0 Å². The van der Waals surface area contributed by atoms with E-state index in [1.165, 1.54) is 7.11 Å². The standard InChI is InChI=1S/C15H16N2O3/c1-20-15(19)13-5-6-16-14(8-13)17-9-11-3-2-4-12(7-11)10-18/h2-8,18H,9-10H2,1H3,(H,16,17). The van der Waals surface area contributed by atoms with Gasteiger partial charge in [-0.25, -0.2) is 9.78 Å². The first kappa shape index (κ1) is 14.0. The van der Waals surface area contributed by atoms with E-state index in [0.29, 0.717) is 17.9 Å². The number of pyridine rings is 1. The third-order valence-corrected chi connectivity index (χ3v) is 2.83. The van der Waals surface area contributed by atoms with Crippen molar-refractivity contribution in [2.75, 3.05) is 12.4 Å². The Balaban J connectivity index is 2.05. The molecule has 1 heterocycles. The monoisotopic (exact) mass is 272 g/mol. The number of aliphatic hydroxyl groups excluding tert-OH is 1. The molecule has 1 aromatic heterocycles. The predicted molar refractivity (Wildman–Crippen MR) is 75.3 cm³/mol. The summed E-state index contributed by atoms with van der Waals surface area (Å²) in [7, 11) is 1.34. The number of hydrogen-bond donors (Lipinski definition) is 2. The minimum absolute atomic E-state index is 0.0178. The number of ether oxygens (including phenoxy) is 1. The zero-order valence-electron chi connectivity index (χ0n) is 11.2. The van der Waals surface area contributed by atoms with Crippen molar-refractivity contribution in [2.45, 2.75) is 13.2 Å². The first-order chi connectivity index (χ1) is 9.72. The quantitative estimate of drug-likeness (QED) is 0.814. The highest BCUT2D eigenvalue weighted by molar-refractivity contribution is 5.89. The van der Waals surface area contributed by atoms with E-state index in [9.17, 15) is 4.79 Å². The minimum Gasteiger partial charge on any atom is -0.465 e. The molecular formula is C15H16N2O3. The molecule has 0 saturated heterocycles. The molecule has 0 spiro atoms. The fourth-order valence-electron chi connectivity index (χ4n) is 1.80. The Labute approximate surface area is 117 Å². The highest BCUT2D eigenvalue weighted by atomic mass is 16.5. The average Bonchev–Trinajstić information content (AvgIpc) is 2.52. The molecule has 20 heavy (non-hydrogen) atoms. The van der Waals surface area contributed by atoms with Gasteiger partial charge in [-0.05, 0) is 23.3 Å². The predicted octanol–water partition coefficient (Wildman–Crippen LogP) is 1.97. The van der Waals surface area contributed by atoms with Crippen LogP contribution < -0.4 is 5.32 Å². The normalized spacial score (nSPS) is 10.1. The molecule has 0 aliphatic carbocycles. The highest BCUT2D eigenvalue weighted by Crippen LogP contribution is 2.11. The molecule has 0 saturated carbocycles. The molecule has 0 aliphatic heterocycles. The lowest BCUT2D eigenvalue weighted by atomic mass is 10.1. The number of benzene rings is 1. The Hall–Kier alpha value is -2.40. The van der Waals surface area contributed by atoms with Crippen molar-refractivity contribution < 1.29 is 14.6 Å². The van der Waals surface area contributed by atoms with E-state index in [1.807, 2.05) is 24.3 Å². The van der Waals surface area contributed by atoms with Gasteiger partial charge in [-0.2, -0.15) is 0 Å². The van der Waals surface area contributed by atoms with Gasteiger partial charge in [0.1, 0.15) is 5.82 Å². The Morgan fingerprint density at radius 1 is 1.30 bits per heavy atom. The van der Waals surface area contributed by atoms with E-state index < -0.39 is 5.97 Å². The first-order valence-electron chi connectivity index (χ1n) is 6.20. The average molecular weight is 272 g/mol. The van der Waals surface area contributed by atoms with Crippen molar-refractivity contribution in [3.05, 3.63) is 59.3 Å². The molecule has 104 valence electrons. The topological polar surface area (TPSA) is 71.5 Å². The van der Waals surface area contributed by atoms with Crippen LogP contribution in [-0.2, 0) is 17.9 Å². The van der Waals surface area contributed by atoms with Gasteiger partial charge >= 0.3 is 5.97 Å². The van der Waals surface area contributed by atoms with Crippen LogP contribution in [0, 0.1) is 0 Å². The van der Waals surface area contributed by atoms with Crippen LogP contribution in [0.3, 0.4) is 0 Å². The Morgan fingerprint density at radius 2 is 2.10 bits per heavy atom. The molecule has 0 atom stereocenters. The Bertz CT molecular complexity index is 599. The summed E-state index contributed by atoms with van der Waals surface area (Å²) in [4.78, 5) is 15.6. The number of anilines is 1. The SMILES string of the molecule is COC(=O)c1ccnc(NCc2cccc(CO)c2)c1. The van der Waals surface area contributed by atoms with Crippen LogP contribution in [0.2, 0.25) is 0 Å². The second kappa shape index (κ2) is 6.68. The summed E-state index contributed by atoms with van der Waals surface area (Å²) in [6, 6.07) is 10.9. The van der Waals surface area contributed by atoms with Crippen molar-refractivity contribution in [1.82, 2.24) is 4.98 Å². The first-order valence-corrected chi connectivity index (χ1v) is 6.20. The lowest BCUT2D eigenvalue weighted by Crippen LogP contribution is -2.05. The Morgan fingerprint density at radius 3 is 2.85 bits per heavy atom. The Kier molecular flexibility index (Phi) is 4.68. The maximum Gasteiger partial charge on any atom is 0.338 e. The maximum absolute atomic E-state index is 11.4. The van der Waals surface area contributed by atoms with Gasteiger partial charge in [0.2, 0.25) is 0 Å². The van der Waals surface area contributed by atoms with E-state index in [1.54, 1.807) is 18.3 Å². The number of hydrogen-bond acceptors (Lipinski definition) is 5. The molecule has 2 rings (SSSR count). The second-order valence-electron chi connectivity index (χ2n) is 4.25. The summed E-state index contributed by atoms with van der Waals surface area (Å²) in [6.07, 6.45) is 1.55. The van der Waals surface area contributed by atoms with E-state index in [0.717, 1.165) is 11.1 Å². The number of nitrogens with zero attached hydrogens (tertiary/aromatic N) is 1. The fourth-order valence-corrected chi connectivity index (χ4v) is 1.80. The summed E-state index contributed by atoms with van der Waals surface area (Å²) >= 11 is 0. The fraction of sp³-hybridized carbons (Fsp3) is 0.200. The molecule has 2 N–H and O–H groups in total. The van der Waals surface area contributed by atoms with E-state index in [-0.39, 0.29) is 6.61 Å². The number of rotatable bonds is 5. The number of aromatic nitrogens is 1. The summed E-state index contributed by atoms with van der Waals surface area (Å²) in [5, 5.41) is 12.2. The summed E-state index contributed by atoms with van der Waals surface area (Å²) < 4.78 is 4.66. The largest absolute Gasteiger partial charge is 0.465 e. The highest BCUT2D eigenvalue weighted by Gasteiger charge is 2.06. The number of aliphatic hydroxyl groups is 1. The van der Waals surface area contributed by atoms with Gasteiger partial charge in [0.15, 0.2) is 0 Å². The molecule has 0 bridgehead atoms. The molecule has 2 aromatic rings.